The van der Waals surface area contributed by atoms with E-state index in [0.29, 0.717) is 0 Å². The first-order valence-electron chi connectivity index (χ1n) is 5.60. The summed E-state index contributed by atoms with van der Waals surface area (Å²) < 4.78 is 63.5. The topological polar surface area (TPSA) is 202 Å². The van der Waals surface area contributed by atoms with Crippen LogP contribution in [-0.2, 0) is 20.2 Å². The maximum atomic E-state index is 11.6. The van der Waals surface area contributed by atoms with E-state index < -0.39 is 41.7 Å². The molecular weight excluding hydrogens is 340 g/mol. The minimum Gasteiger partial charge on any atom is -0.399 e. The van der Waals surface area contributed by atoms with E-state index in [-0.39, 0.29) is 18.8 Å². The van der Waals surface area contributed by atoms with Crippen LogP contribution in [0.1, 0.15) is 0 Å². The lowest BCUT2D eigenvalue weighted by Gasteiger charge is -2.14. The third kappa shape index (κ3) is 4.54. The number of benzene rings is 1. The third-order valence-electron chi connectivity index (χ3n) is 2.31. The van der Waals surface area contributed by atoms with E-state index in [1.54, 1.807) is 0 Å². The minimum atomic E-state index is -4.93. The smallest absolute Gasteiger partial charge is 0.319 e. The molecule has 0 aliphatic carbocycles. The Bertz CT molecular complexity index is 735. The Labute approximate surface area is 126 Å². The van der Waals surface area contributed by atoms with Gasteiger partial charge in [0, 0.05) is 18.8 Å². The van der Waals surface area contributed by atoms with Gasteiger partial charge >= 0.3 is 6.03 Å². The van der Waals surface area contributed by atoms with Gasteiger partial charge in [-0.05, 0) is 12.1 Å². The van der Waals surface area contributed by atoms with Crippen LogP contribution in [0.15, 0.2) is 21.9 Å². The third-order valence-corrected chi connectivity index (χ3v) is 4.07. The summed E-state index contributed by atoms with van der Waals surface area (Å²) >= 11 is 0. The summed E-state index contributed by atoms with van der Waals surface area (Å²) in [7, 11) is -9.86. The number of hydrogen-bond acceptors (Lipinski definition) is 7. The number of rotatable bonds is 5. The number of nitrogens with two attached hydrogens (primary N) is 2. The van der Waals surface area contributed by atoms with Gasteiger partial charge in [0.2, 0.25) is 0 Å². The van der Waals surface area contributed by atoms with Crippen LogP contribution in [0, 0.1) is 0 Å². The molecule has 0 spiro atoms. The molecule has 11 nitrogen and oxygen atoms in total. The van der Waals surface area contributed by atoms with Crippen LogP contribution in [0.4, 0.5) is 16.2 Å². The number of hydrogen-bond donors (Lipinski definition) is 6. The van der Waals surface area contributed by atoms with E-state index in [2.05, 4.69) is 5.32 Å². The van der Waals surface area contributed by atoms with Crippen molar-refractivity contribution in [2.24, 2.45) is 5.73 Å². The molecule has 0 radical (unpaired) electrons. The SMILES string of the molecule is NCCNC(=O)Nc1c(S(=O)(=O)O)cc(N)cc1S(=O)(=O)O. The van der Waals surface area contributed by atoms with E-state index in [0.717, 1.165) is 12.1 Å². The van der Waals surface area contributed by atoms with Crippen LogP contribution >= 0.6 is 0 Å². The molecular formula is C9H14N4O7S2. The average molecular weight is 354 g/mol. The highest BCUT2D eigenvalue weighted by Gasteiger charge is 2.27. The summed E-state index contributed by atoms with van der Waals surface area (Å²) in [4.78, 5) is 9.59. The fourth-order valence-corrected chi connectivity index (χ4v) is 2.96. The monoisotopic (exact) mass is 354 g/mol. The maximum Gasteiger partial charge on any atom is 0.319 e. The van der Waals surface area contributed by atoms with Gasteiger partial charge in [-0.2, -0.15) is 16.8 Å². The molecule has 0 saturated heterocycles. The number of carbonyl (C=O) groups excluding carboxylic acids is 1. The van der Waals surface area contributed by atoms with Gasteiger partial charge in [0.15, 0.2) is 0 Å². The Morgan fingerprint density at radius 1 is 1.09 bits per heavy atom. The molecule has 0 aliphatic heterocycles. The van der Waals surface area contributed by atoms with Crippen molar-refractivity contribution in [3.8, 4) is 0 Å². The van der Waals surface area contributed by atoms with E-state index in [4.69, 9.17) is 20.6 Å². The van der Waals surface area contributed by atoms with Crippen LogP contribution < -0.4 is 22.1 Å². The summed E-state index contributed by atoms with van der Waals surface area (Å²) in [6.45, 7) is 0.0920. The molecule has 0 heterocycles. The summed E-state index contributed by atoms with van der Waals surface area (Å²) in [5.41, 5.74) is 9.29. The van der Waals surface area contributed by atoms with Gasteiger partial charge in [0.25, 0.3) is 20.2 Å². The van der Waals surface area contributed by atoms with Crippen LogP contribution in [0.25, 0.3) is 0 Å². The van der Waals surface area contributed by atoms with Crippen LogP contribution in [-0.4, -0.2) is 45.1 Å². The summed E-state index contributed by atoms with van der Waals surface area (Å²) in [5, 5.41) is 4.11. The molecule has 8 N–H and O–H groups in total. The molecule has 1 aromatic carbocycles. The predicted octanol–water partition coefficient (Wildman–Crippen LogP) is -1.16. The molecule has 0 atom stereocenters. The van der Waals surface area contributed by atoms with Crippen molar-refractivity contribution in [1.29, 1.82) is 0 Å². The van der Waals surface area contributed by atoms with Crippen molar-refractivity contribution in [2.75, 3.05) is 24.1 Å². The van der Waals surface area contributed by atoms with E-state index >= 15 is 0 Å². The quantitative estimate of drug-likeness (QED) is 0.278. The average Bonchev–Trinajstić information content (AvgIpc) is 2.35. The molecule has 0 unspecified atom stereocenters. The first-order chi connectivity index (χ1) is 9.96. The van der Waals surface area contributed by atoms with Crippen molar-refractivity contribution in [2.45, 2.75) is 9.79 Å². The maximum absolute atomic E-state index is 11.6. The predicted molar refractivity (Wildman–Crippen MR) is 76.6 cm³/mol. The number of carbonyl (C=O) groups is 1. The highest BCUT2D eigenvalue weighted by molar-refractivity contribution is 7.87. The first kappa shape index (κ1) is 18.1. The van der Waals surface area contributed by atoms with Gasteiger partial charge in [-0.15, -0.1) is 0 Å². The van der Waals surface area contributed by atoms with Crippen LogP contribution in [0.5, 0.6) is 0 Å². The zero-order valence-electron chi connectivity index (χ0n) is 11.0. The zero-order valence-corrected chi connectivity index (χ0v) is 12.6. The van der Waals surface area contributed by atoms with E-state index in [1.165, 1.54) is 0 Å². The van der Waals surface area contributed by atoms with Gasteiger partial charge in [-0.1, -0.05) is 0 Å². The molecule has 2 amide bonds. The lowest BCUT2D eigenvalue weighted by molar-refractivity contribution is 0.252. The van der Waals surface area contributed by atoms with Crippen molar-refractivity contribution in [3.05, 3.63) is 12.1 Å². The Kier molecular flexibility index (Phi) is 5.31. The minimum absolute atomic E-state index is 0.0171. The van der Waals surface area contributed by atoms with Gasteiger partial charge in [-0.3, -0.25) is 9.11 Å². The second-order valence-corrected chi connectivity index (χ2v) is 6.79. The van der Waals surface area contributed by atoms with Crippen LogP contribution in [0.3, 0.4) is 0 Å². The van der Waals surface area contributed by atoms with Crippen molar-refractivity contribution in [1.82, 2.24) is 5.32 Å². The second kappa shape index (κ2) is 6.45. The second-order valence-electron chi connectivity index (χ2n) is 4.01. The zero-order chi connectivity index (χ0) is 17.1. The van der Waals surface area contributed by atoms with E-state index in [9.17, 15) is 21.6 Å². The van der Waals surface area contributed by atoms with Crippen molar-refractivity contribution in [3.63, 3.8) is 0 Å². The van der Waals surface area contributed by atoms with Gasteiger partial charge in [0.05, 0.1) is 5.69 Å². The molecule has 13 heteroatoms. The van der Waals surface area contributed by atoms with E-state index in [1.807, 2.05) is 5.32 Å². The Morgan fingerprint density at radius 2 is 1.55 bits per heavy atom. The van der Waals surface area contributed by atoms with Crippen molar-refractivity contribution >= 4 is 37.6 Å². The molecule has 124 valence electrons. The normalized spacial score (nSPS) is 12.0. The number of nitrogen functional groups attached to an aromatic ring is 1. The van der Waals surface area contributed by atoms with Gasteiger partial charge in [-0.25, -0.2) is 4.79 Å². The highest BCUT2D eigenvalue weighted by atomic mass is 32.2. The molecule has 0 fully saturated rings. The van der Waals surface area contributed by atoms with Crippen LogP contribution in [0.2, 0.25) is 0 Å². The molecule has 22 heavy (non-hydrogen) atoms. The number of amides is 2. The lowest BCUT2D eigenvalue weighted by atomic mass is 10.3. The lowest BCUT2D eigenvalue weighted by Crippen LogP contribution is -2.33. The first-order valence-corrected chi connectivity index (χ1v) is 8.48. The molecule has 0 aliphatic rings. The summed E-state index contributed by atoms with van der Waals surface area (Å²) in [6.07, 6.45) is 0. The molecule has 0 saturated carbocycles. The van der Waals surface area contributed by atoms with Gasteiger partial charge in [0.1, 0.15) is 9.79 Å². The number of anilines is 2. The molecule has 1 aromatic rings. The summed E-state index contributed by atoms with van der Waals surface area (Å²) in [5.74, 6) is 0. The Hall–Kier alpha value is -1.93. The standard InChI is InChI=1S/C9H14N4O7S2/c10-1-2-12-9(14)13-8-6(21(15,16)17)3-5(11)4-7(8)22(18,19)20/h3-4H,1-2,10-11H2,(H2,12,13,14)(H,15,16,17)(H,18,19,20). The highest BCUT2D eigenvalue weighted by Crippen LogP contribution is 2.31. The summed E-state index contributed by atoms with van der Waals surface area (Å²) in [6, 6.07) is 0.454. The largest absolute Gasteiger partial charge is 0.399 e. The van der Waals surface area contributed by atoms with Crippen molar-refractivity contribution < 1.29 is 30.7 Å². The fraction of sp³-hybridized carbons (Fsp3) is 0.222. The van der Waals surface area contributed by atoms with Gasteiger partial charge < -0.3 is 22.1 Å². The molecule has 1 rings (SSSR count). The molecule has 0 aromatic heterocycles. The fourth-order valence-electron chi connectivity index (χ4n) is 1.48. The number of urea groups is 1. The Morgan fingerprint density at radius 3 is 1.91 bits per heavy atom. The Balaban J connectivity index is 3.53. The number of nitrogens with one attached hydrogen (secondary N) is 2. The molecule has 0 bridgehead atoms.